The second-order valence-electron chi connectivity index (χ2n) is 5.39. The Bertz CT molecular complexity index is 679. The number of carbonyl (C=O) groups is 1. The highest BCUT2D eigenvalue weighted by molar-refractivity contribution is 5.85. The van der Waals surface area contributed by atoms with Gasteiger partial charge in [-0.2, -0.15) is 0 Å². The van der Waals surface area contributed by atoms with Crippen LogP contribution in [0, 0.1) is 0 Å². The molecule has 1 aliphatic heterocycles. The van der Waals surface area contributed by atoms with Gasteiger partial charge in [0.15, 0.2) is 11.5 Å². The summed E-state index contributed by atoms with van der Waals surface area (Å²) in [5.41, 5.74) is 7.66. The third-order valence-corrected chi connectivity index (χ3v) is 3.83. The van der Waals surface area contributed by atoms with Crippen LogP contribution in [-0.4, -0.2) is 25.7 Å². The van der Waals surface area contributed by atoms with Crippen LogP contribution in [0.25, 0.3) is 0 Å². The van der Waals surface area contributed by atoms with Crippen LogP contribution in [0.4, 0.5) is 0 Å². The number of hydrogen-bond donors (Lipinski definition) is 2. The normalized spacial score (nSPS) is 13.5. The van der Waals surface area contributed by atoms with Crippen LogP contribution in [0.5, 0.6) is 11.5 Å². The van der Waals surface area contributed by atoms with Gasteiger partial charge in [0.25, 0.3) is 0 Å². The molecular formula is C18H21ClN2O3. The molecule has 6 heteroatoms. The number of amides is 1. The van der Waals surface area contributed by atoms with Gasteiger partial charge in [-0.25, -0.2) is 0 Å². The molecule has 1 amide bonds. The average molecular weight is 349 g/mol. The lowest BCUT2D eigenvalue weighted by Crippen LogP contribution is -2.33. The van der Waals surface area contributed by atoms with E-state index in [1.165, 1.54) is 0 Å². The Morgan fingerprint density at radius 3 is 2.50 bits per heavy atom. The Morgan fingerprint density at radius 2 is 1.79 bits per heavy atom. The minimum absolute atomic E-state index is 0. The van der Waals surface area contributed by atoms with Gasteiger partial charge in [0, 0.05) is 13.1 Å². The van der Waals surface area contributed by atoms with Crippen molar-refractivity contribution in [1.29, 1.82) is 0 Å². The van der Waals surface area contributed by atoms with Gasteiger partial charge in [0.1, 0.15) is 13.2 Å². The molecule has 0 spiro atoms. The van der Waals surface area contributed by atoms with E-state index in [2.05, 4.69) is 5.32 Å². The van der Waals surface area contributed by atoms with Crippen LogP contribution in [0.3, 0.4) is 0 Å². The molecule has 0 fully saturated rings. The molecule has 128 valence electrons. The Labute approximate surface area is 147 Å². The molecule has 0 bridgehead atoms. The first-order valence-corrected chi connectivity index (χ1v) is 7.69. The van der Waals surface area contributed by atoms with Gasteiger partial charge in [0.05, 0.1) is 5.92 Å². The number of halogens is 1. The van der Waals surface area contributed by atoms with E-state index in [1.807, 2.05) is 48.5 Å². The number of ether oxygens (including phenoxy) is 2. The maximum atomic E-state index is 12.4. The minimum atomic E-state index is -0.339. The molecule has 0 radical (unpaired) electrons. The zero-order valence-electron chi connectivity index (χ0n) is 13.2. The molecule has 0 aliphatic carbocycles. The topological polar surface area (TPSA) is 73.6 Å². The Morgan fingerprint density at radius 1 is 1.08 bits per heavy atom. The van der Waals surface area contributed by atoms with Crippen LogP contribution in [0.1, 0.15) is 17.0 Å². The zero-order valence-corrected chi connectivity index (χ0v) is 14.1. The number of nitrogens with one attached hydrogen (secondary N) is 1. The Kier molecular flexibility index (Phi) is 6.46. The summed E-state index contributed by atoms with van der Waals surface area (Å²) in [6.07, 6.45) is 0. The maximum Gasteiger partial charge on any atom is 0.229 e. The fourth-order valence-electron chi connectivity index (χ4n) is 2.59. The minimum Gasteiger partial charge on any atom is -0.486 e. The molecule has 1 unspecified atom stereocenters. The van der Waals surface area contributed by atoms with Crippen molar-refractivity contribution in [3.63, 3.8) is 0 Å². The summed E-state index contributed by atoms with van der Waals surface area (Å²) >= 11 is 0. The summed E-state index contributed by atoms with van der Waals surface area (Å²) < 4.78 is 11.0. The summed E-state index contributed by atoms with van der Waals surface area (Å²) in [6.45, 7) is 1.82. The summed E-state index contributed by atoms with van der Waals surface area (Å²) in [6, 6.07) is 15.3. The molecule has 2 aromatic carbocycles. The van der Waals surface area contributed by atoms with Gasteiger partial charge in [-0.15, -0.1) is 12.4 Å². The van der Waals surface area contributed by atoms with E-state index >= 15 is 0 Å². The summed E-state index contributed by atoms with van der Waals surface area (Å²) in [5.74, 6) is 1.05. The van der Waals surface area contributed by atoms with Crippen LogP contribution >= 0.6 is 12.4 Å². The first-order valence-electron chi connectivity index (χ1n) is 7.69. The van der Waals surface area contributed by atoms with Crippen molar-refractivity contribution in [2.75, 3.05) is 19.8 Å². The molecule has 0 aromatic heterocycles. The summed E-state index contributed by atoms with van der Waals surface area (Å²) in [5, 5.41) is 2.94. The van der Waals surface area contributed by atoms with E-state index in [9.17, 15) is 4.79 Å². The van der Waals surface area contributed by atoms with Crippen molar-refractivity contribution in [2.24, 2.45) is 5.73 Å². The van der Waals surface area contributed by atoms with Crippen molar-refractivity contribution in [3.05, 3.63) is 59.7 Å². The average Bonchev–Trinajstić information content (AvgIpc) is 2.61. The number of nitrogens with two attached hydrogens (primary N) is 1. The van der Waals surface area contributed by atoms with Gasteiger partial charge >= 0.3 is 0 Å². The molecule has 3 rings (SSSR count). The van der Waals surface area contributed by atoms with Crippen LogP contribution in [-0.2, 0) is 11.3 Å². The van der Waals surface area contributed by atoms with Crippen molar-refractivity contribution in [2.45, 2.75) is 12.5 Å². The predicted octanol–water partition coefficient (Wildman–Crippen LogP) is 2.24. The van der Waals surface area contributed by atoms with E-state index in [0.29, 0.717) is 19.8 Å². The highest BCUT2D eigenvalue weighted by Crippen LogP contribution is 2.30. The largest absolute Gasteiger partial charge is 0.486 e. The number of fused-ring (bicyclic) bond motifs is 1. The molecule has 24 heavy (non-hydrogen) atoms. The van der Waals surface area contributed by atoms with Crippen molar-refractivity contribution in [3.8, 4) is 11.5 Å². The van der Waals surface area contributed by atoms with Crippen LogP contribution in [0.2, 0.25) is 0 Å². The first kappa shape index (κ1) is 18.1. The zero-order chi connectivity index (χ0) is 16.1. The van der Waals surface area contributed by atoms with Crippen molar-refractivity contribution in [1.82, 2.24) is 5.32 Å². The van der Waals surface area contributed by atoms with Gasteiger partial charge in [-0.3, -0.25) is 4.79 Å². The molecule has 0 saturated carbocycles. The molecule has 0 saturated heterocycles. The SMILES string of the molecule is Cl.NCC(C(=O)NCc1ccc2c(c1)OCCO2)c1ccccc1. The third-order valence-electron chi connectivity index (χ3n) is 3.83. The summed E-state index contributed by atoms with van der Waals surface area (Å²) in [4.78, 5) is 12.4. The number of benzene rings is 2. The van der Waals surface area contributed by atoms with Gasteiger partial charge < -0.3 is 20.5 Å². The fraction of sp³-hybridized carbons (Fsp3) is 0.278. The highest BCUT2D eigenvalue weighted by atomic mass is 35.5. The van der Waals surface area contributed by atoms with Crippen molar-refractivity contribution >= 4 is 18.3 Å². The molecular weight excluding hydrogens is 328 g/mol. The monoisotopic (exact) mass is 348 g/mol. The molecule has 3 N–H and O–H groups in total. The van der Waals surface area contributed by atoms with Gasteiger partial charge in [-0.05, 0) is 23.3 Å². The highest BCUT2D eigenvalue weighted by Gasteiger charge is 2.19. The van der Waals surface area contributed by atoms with E-state index in [-0.39, 0.29) is 30.8 Å². The number of carbonyl (C=O) groups excluding carboxylic acids is 1. The second-order valence-corrected chi connectivity index (χ2v) is 5.39. The van der Waals surface area contributed by atoms with E-state index < -0.39 is 0 Å². The fourth-order valence-corrected chi connectivity index (χ4v) is 2.59. The van der Waals surface area contributed by atoms with Crippen molar-refractivity contribution < 1.29 is 14.3 Å². The van der Waals surface area contributed by atoms with Gasteiger partial charge in [0.2, 0.25) is 5.91 Å². The third kappa shape index (κ3) is 4.19. The standard InChI is InChI=1S/C18H20N2O3.ClH/c19-11-15(14-4-2-1-3-5-14)18(21)20-12-13-6-7-16-17(10-13)23-9-8-22-16;/h1-7,10,15H,8-9,11-12,19H2,(H,20,21);1H. The smallest absolute Gasteiger partial charge is 0.229 e. The lowest BCUT2D eigenvalue weighted by atomic mass is 9.98. The Balaban J connectivity index is 0.00000208. The van der Waals surface area contributed by atoms with E-state index in [4.69, 9.17) is 15.2 Å². The lowest BCUT2D eigenvalue weighted by molar-refractivity contribution is -0.122. The van der Waals surface area contributed by atoms with Crippen LogP contribution in [0.15, 0.2) is 48.5 Å². The molecule has 1 atom stereocenters. The van der Waals surface area contributed by atoms with Gasteiger partial charge in [-0.1, -0.05) is 36.4 Å². The predicted molar refractivity (Wildman–Crippen MR) is 94.8 cm³/mol. The molecule has 1 heterocycles. The number of hydrogen-bond acceptors (Lipinski definition) is 4. The van der Waals surface area contributed by atoms with E-state index in [1.54, 1.807) is 0 Å². The molecule has 1 aliphatic rings. The molecule has 5 nitrogen and oxygen atoms in total. The lowest BCUT2D eigenvalue weighted by Gasteiger charge is -2.19. The summed E-state index contributed by atoms with van der Waals surface area (Å²) in [7, 11) is 0. The second kappa shape index (κ2) is 8.57. The maximum absolute atomic E-state index is 12.4. The van der Waals surface area contributed by atoms with Crippen LogP contribution < -0.4 is 20.5 Å². The molecule has 2 aromatic rings. The first-order chi connectivity index (χ1) is 11.3. The quantitative estimate of drug-likeness (QED) is 0.869. The number of rotatable bonds is 5. The Hall–Kier alpha value is -2.24. The van der Waals surface area contributed by atoms with E-state index in [0.717, 1.165) is 22.6 Å².